The van der Waals surface area contributed by atoms with Crippen LogP contribution in [-0.4, -0.2) is 9.78 Å². The normalized spacial score (nSPS) is 10.5. The molecule has 4 heteroatoms. The van der Waals surface area contributed by atoms with E-state index in [0.29, 0.717) is 12.4 Å². The maximum atomic E-state index is 5.74. The van der Waals surface area contributed by atoms with E-state index in [2.05, 4.69) is 25.0 Å². The van der Waals surface area contributed by atoms with Crippen LogP contribution < -0.4 is 10.5 Å². The zero-order valence-corrected chi connectivity index (χ0v) is 10.4. The first-order valence-electron chi connectivity index (χ1n) is 5.55. The molecule has 0 amide bonds. The molecule has 0 spiro atoms. The van der Waals surface area contributed by atoms with Crippen molar-refractivity contribution in [2.75, 3.05) is 5.73 Å². The van der Waals surface area contributed by atoms with E-state index in [-0.39, 0.29) is 0 Å². The molecule has 0 fully saturated rings. The van der Waals surface area contributed by atoms with E-state index < -0.39 is 0 Å². The van der Waals surface area contributed by atoms with Gasteiger partial charge in [-0.3, -0.25) is 4.68 Å². The molecule has 1 aromatic heterocycles. The molecule has 2 rings (SSSR count). The Morgan fingerprint density at radius 1 is 1.35 bits per heavy atom. The average molecular weight is 231 g/mol. The lowest BCUT2D eigenvalue weighted by Gasteiger charge is -2.09. The predicted octanol–water partition coefficient (Wildman–Crippen LogP) is 2.20. The van der Waals surface area contributed by atoms with Crippen LogP contribution in [0.3, 0.4) is 0 Å². The van der Waals surface area contributed by atoms with E-state index in [1.807, 2.05) is 25.2 Å². The fourth-order valence-electron chi connectivity index (χ4n) is 1.65. The van der Waals surface area contributed by atoms with Crippen LogP contribution in [0.25, 0.3) is 0 Å². The molecular formula is C13H17N3O. The molecule has 0 unspecified atom stereocenters. The number of nitrogens with zero attached hydrogens (tertiary/aromatic N) is 2. The number of hydrogen-bond acceptors (Lipinski definition) is 3. The zero-order valence-electron chi connectivity index (χ0n) is 10.4. The van der Waals surface area contributed by atoms with Crippen LogP contribution in [0.1, 0.15) is 16.8 Å². The molecule has 0 aliphatic heterocycles. The van der Waals surface area contributed by atoms with Gasteiger partial charge in [-0.1, -0.05) is 12.1 Å². The SMILES string of the molecule is Cc1cccc(OCc2cc(N)n(C)n2)c1C. The van der Waals surface area contributed by atoms with E-state index in [1.54, 1.807) is 4.68 Å². The first-order chi connectivity index (χ1) is 8.08. The molecule has 0 aliphatic rings. The minimum absolute atomic E-state index is 0.440. The van der Waals surface area contributed by atoms with E-state index in [0.717, 1.165) is 17.0 Å². The Morgan fingerprint density at radius 2 is 2.12 bits per heavy atom. The molecule has 2 aromatic rings. The highest BCUT2D eigenvalue weighted by molar-refractivity contribution is 5.38. The molecule has 0 bridgehead atoms. The molecule has 4 nitrogen and oxygen atoms in total. The van der Waals surface area contributed by atoms with Gasteiger partial charge in [-0.15, -0.1) is 0 Å². The number of rotatable bonds is 3. The van der Waals surface area contributed by atoms with Gasteiger partial charge in [0.1, 0.15) is 23.9 Å². The van der Waals surface area contributed by atoms with E-state index >= 15 is 0 Å². The number of nitrogen functional groups attached to an aromatic ring is 1. The summed E-state index contributed by atoms with van der Waals surface area (Å²) in [6.07, 6.45) is 0. The molecule has 90 valence electrons. The molecule has 17 heavy (non-hydrogen) atoms. The van der Waals surface area contributed by atoms with Crippen molar-refractivity contribution in [1.82, 2.24) is 9.78 Å². The first kappa shape index (κ1) is 11.5. The van der Waals surface area contributed by atoms with Gasteiger partial charge < -0.3 is 10.5 Å². The van der Waals surface area contributed by atoms with Gasteiger partial charge in [-0.05, 0) is 31.0 Å². The van der Waals surface area contributed by atoms with Crippen molar-refractivity contribution in [3.63, 3.8) is 0 Å². The van der Waals surface area contributed by atoms with Crippen molar-refractivity contribution in [1.29, 1.82) is 0 Å². The molecule has 0 atom stereocenters. The first-order valence-corrected chi connectivity index (χ1v) is 5.55. The van der Waals surface area contributed by atoms with Gasteiger partial charge in [0.05, 0.1) is 0 Å². The van der Waals surface area contributed by atoms with Crippen LogP contribution >= 0.6 is 0 Å². The van der Waals surface area contributed by atoms with Crippen LogP contribution in [0.2, 0.25) is 0 Å². The highest BCUT2D eigenvalue weighted by atomic mass is 16.5. The number of aryl methyl sites for hydroxylation is 2. The zero-order chi connectivity index (χ0) is 12.4. The second-order valence-electron chi connectivity index (χ2n) is 4.17. The third kappa shape index (κ3) is 2.41. The van der Waals surface area contributed by atoms with E-state index in [1.165, 1.54) is 5.56 Å². The molecule has 2 N–H and O–H groups in total. The molecule has 1 aromatic carbocycles. The second kappa shape index (κ2) is 4.49. The smallest absolute Gasteiger partial charge is 0.132 e. The van der Waals surface area contributed by atoms with Crippen molar-refractivity contribution in [3.05, 3.63) is 41.1 Å². The van der Waals surface area contributed by atoms with Gasteiger partial charge >= 0.3 is 0 Å². The summed E-state index contributed by atoms with van der Waals surface area (Å²) in [7, 11) is 1.82. The maximum Gasteiger partial charge on any atom is 0.132 e. The Hall–Kier alpha value is -1.97. The molecule has 0 saturated carbocycles. The fourth-order valence-corrected chi connectivity index (χ4v) is 1.65. The Morgan fingerprint density at radius 3 is 2.76 bits per heavy atom. The van der Waals surface area contributed by atoms with Crippen LogP contribution in [0.4, 0.5) is 5.82 Å². The van der Waals surface area contributed by atoms with Crippen molar-refractivity contribution < 1.29 is 4.74 Å². The molecule has 0 radical (unpaired) electrons. The number of nitrogens with two attached hydrogens (primary N) is 1. The minimum Gasteiger partial charge on any atom is -0.487 e. The van der Waals surface area contributed by atoms with Crippen molar-refractivity contribution in [3.8, 4) is 5.75 Å². The number of anilines is 1. The van der Waals surface area contributed by atoms with Gasteiger partial charge in [0, 0.05) is 13.1 Å². The number of ether oxygens (including phenoxy) is 1. The standard InChI is InChI=1S/C13H17N3O/c1-9-5-4-6-12(10(9)2)17-8-11-7-13(14)16(3)15-11/h4-7H,8,14H2,1-3H3. The lowest BCUT2D eigenvalue weighted by atomic mass is 10.1. The Balaban J connectivity index is 2.10. The third-order valence-electron chi connectivity index (χ3n) is 2.90. The molecule has 0 aliphatic carbocycles. The van der Waals surface area contributed by atoms with Crippen molar-refractivity contribution in [2.24, 2.45) is 7.05 Å². The van der Waals surface area contributed by atoms with Crippen LogP contribution in [-0.2, 0) is 13.7 Å². The van der Waals surface area contributed by atoms with E-state index in [4.69, 9.17) is 10.5 Å². The van der Waals surface area contributed by atoms with Crippen LogP contribution in [0, 0.1) is 13.8 Å². The summed E-state index contributed by atoms with van der Waals surface area (Å²) >= 11 is 0. The lowest BCUT2D eigenvalue weighted by molar-refractivity contribution is 0.298. The average Bonchev–Trinajstić information content (AvgIpc) is 2.61. The van der Waals surface area contributed by atoms with Gasteiger partial charge in [0.2, 0.25) is 0 Å². The van der Waals surface area contributed by atoms with Gasteiger partial charge in [0.25, 0.3) is 0 Å². The lowest BCUT2D eigenvalue weighted by Crippen LogP contribution is -2.00. The highest BCUT2D eigenvalue weighted by Crippen LogP contribution is 2.21. The summed E-state index contributed by atoms with van der Waals surface area (Å²) in [6.45, 7) is 4.56. The van der Waals surface area contributed by atoms with Gasteiger partial charge in [0.15, 0.2) is 0 Å². The molecular weight excluding hydrogens is 214 g/mol. The maximum absolute atomic E-state index is 5.74. The Labute approximate surface area is 101 Å². The minimum atomic E-state index is 0.440. The second-order valence-corrected chi connectivity index (χ2v) is 4.17. The highest BCUT2D eigenvalue weighted by Gasteiger charge is 2.05. The molecule has 0 saturated heterocycles. The largest absolute Gasteiger partial charge is 0.487 e. The van der Waals surface area contributed by atoms with Gasteiger partial charge in [-0.25, -0.2) is 0 Å². The number of benzene rings is 1. The van der Waals surface area contributed by atoms with Crippen LogP contribution in [0.15, 0.2) is 24.3 Å². The summed E-state index contributed by atoms with van der Waals surface area (Å²) < 4.78 is 7.38. The summed E-state index contributed by atoms with van der Waals surface area (Å²) in [4.78, 5) is 0. The summed E-state index contributed by atoms with van der Waals surface area (Å²) in [5.74, 6) is 1.54. The summed E-state index contributed by atoms with van der Waals surface area (Å²) in [6, 6.07) is 7.85. The quantitative estimate of drug-likeness (QED) is 0.881. The number of hydrogen-bond donors (Lipinski definition) is 1. The van der Waals surface area contributed by atoms with Crippen molar-refractivity contribution >= 4 is 5.82 Å². The summed E-state index contributed by atoms with van der Waals surface area (Å²) in [5, 5.41) is 4.24. The van der Waals surface area contributed by atoms with Gasteiger partial charge in [-0.2, -0.15) is 5.10 Å². The monoisotopic (exact) mass is 231 g/mol. The van der Waals surface area contributed by atoms with Crippen molar-refractivity contribution in [2.45, 2.75) is 20.5 Å². The topological polar surface area (TPSA) is 53.1 Å². The molecule has 1 heterocycles. The number of aromatic nitrogens is 2. The predicted molar refractivity (Wildman–Crippen MR) is 67.9 cm³/mol. The summed E-state index contributed by atoms with van der Waals surface area (Å²) in [5.41, 5.74) is 8.94. The van der Waals surface area contributed by atoms with E-state index in [9.17, 15) is 0 Å². The van der Waals surface area contributed by atoms with Crippen LogP contribution in [0.5, 0.6) is 5.75 Å². The Kier molecular flexibility index (Phi) is 3.04. The third-order valence-corrected chi connectivity index (χ3v) is 2.90. The fraction of sp³-hybridized carbons (Fsp3) is 0.308. The Bertz CT molecular complexity index is 512.